The molecule has 7 heteroatoms. The van der Waals surface area contributed by atoms with Crippen molar-refractivity contribution in [2.45, 2.75) is 41.5 Å². The van der Waals surface area contributed by atoms with Crippen molar-refractivity contribution in [3.05, 3.63) is 135 Å². The summed E-state index contributed by atoms with van der Waals surface area (Å²) >= 11 is 0. The molecule has 0 fully saturated rings. The van der Waals surface area contributed by atoms with Crippen LogP contribution in [0, 0.1) is 41.5 Å². The molecule has 7 nitrogen and oxygen atoms in total. The zero-order valence-electron chi connectivity index (χ0n) is 25.1. The van der Waals surface area contributed by atoms with E-state index in [9.17, 15) is 19.8 Å². The van der Waals surface area contributed by atoms with Gasteiger partial charge in [0.1, 0.15) is 17.1 Å². The minimum atomic E-state index is -1.04. The van der Waals surface area contributed by atoms with Crippen LogP contribution in [0.25, 0.3) is 33.4 Å². The number of carboxylic acids is 1. The smallest absolute Gasteiger partial charge is 0.336 e. The van der Waals surface area contributed by atoms with Crippen LogP contribution in [0.5, 0.6) is 5.75 Å². The summed E-state index contributed by atoms with van der Waals surface area (Å²) in [7, 11) is 0. The molecule has 2 N–H and O–H groups in total. The number of phenols is 1. The Labute approximate surface area is 250 Å². The number of nitrogens with zero attached hydrogens (tertiary/aromatic N) is 2. The van der Waals surface area contributed by atoms with E-state index in [1.54, 1.807) is 76.5 Å². The first-order valence-corrected chi connectivity index (χ1v) is 13.8. The number of phenolic OH excluding ortho intramolecular Hbond substituents is 1. The van der Waals surface area contributed by atoms with Gasteiger partial charge in [0, 0.05) is 51.4 Å². The van der Waals surface area contributed by atoms with Gasteiger partial charge < -0.3 is 14.6 Å². The molecule has 3 heterocycles. The van der Waals surface area contributed by atoms with Gasteiger partial charge in [-0.25, -0.2) is 4.79 Å². The Bertz CT molecular complexity index is 1890. The number of carbonyl (C=O) groups is 1. The number of aromatic nitrogens is 2. The molecule has 43 heavy (non-hydrogen) atoms. The fourth-order valence-electron chi connectivity index (χ4n) is 4.86. The van der Waals surface area contributed by atoms with Gasteiger partial charge in [0.15, 0.2) is 5.43 Å². The molecule has 0 amide bonds. The van der Waals surface area contributed by atoms with Crippen molar-refractivity contribution in [1.29, 1.82) is 0 Å². The van der Waals surface area contributed by atoms with Crippen LogP contribution in [-0.4, -0.2) is 26.2 Å². The first-order valence-electron chi connectivity index (χ1n) is 13.8. The molecular formula is C36H34N2O5. The molecule has 0 saturated carbocycles. The second kappa shape index (κ2) is 13.1. The van der Waals surface area contributed by atoms with Crippen LogP contribution < -0.4 is 5.43 Å². The minimum Gasteiger partial charge on any atom is -0.507 e. The summed E-state index contributed by atoms with van der Waals surface area (Å²) < 4.78 is 6.13. The van der Waals surface area contributed by atoms with Crippen LogP contribution in [0.4, 0.5) is 0 Å². The molecule has 0 unspecified atom stereocenters. The summed E-state index contributed by atoms with van der Waals surface area (Å²) in [4.78, 5) is 32.4. The van der Waals surface area contributed by atoms with Crippen molar-refractivity contribution in [3.8, 4) is 28.2 Å². The van der Waals surface area contributed by atoms with E-state index in [-0.39, 0.29) is 16.7 Å². The van der Waals surface area contributed by atoms with Gasteiger partial charge in [-0.3, -0.25) is 14.8 Å². The van der Waals surface area contributed by atoms with Crippen molar-refractivity contribution >= 4 is 16.9 Å². The van der Waals surface area contributed by atoms with Crippen molar-refractivity contribution in [1.82, 2.24) is 9.97 Å². The summed E-state index contributed by atoms with van der Waals surface area (Å²) in [5.41, 5.74) is 6.72. The number of benzene rings is 3. The molecule has 0 atom stereocenters. The van der Waals surface area contributed by atoms with Gasteiger partial charge in [-0.05, 0) is 101 Å². The maximum absolute atomic E-state index is 12.5. The predicted octanol–water partition coefficient (Wildman–Crippen LogP) is 7.98. The summed E-state index contributed by atoms with van der Waals surface area (Å²) in [6.45, 7) is 10.9. The zero-order chi connectivity index (χ0) is 31.3. The molecule has 0 bridgehead atoms. The van der Waals surface area contributed by atoms with Gasteiger partial charge in [0.05, 0.1) is 5.56 Å². The van der Waals surface area contributed by atoms with Crippen LogP contribution in [-0.2, 0) is 0 Å². The molecule has 218 valence electrons. The first-order chi connectivity index (χ1) is 20.5. The van der Waals surface area contributed by atoms with Crippen LogP contribution in [0.15, 0.2) is 94.4 Å². The summed E-state index contributed by atoms with van der Waals surface area (Å²) in [5.74, 6) is -0.524. The van der Waals surface area contributed by atoms with Gasteiger partial charge in [-0.15, -0.1) is 0 Å². The van der Waals surface area contributed by atoms with E-state index in [0.29, 0.717) is 55.7 Å². The summed E-state index contributed by atoms with van der Waals surface area (Å²) in [6, 6.07) is 22.0. The lowest BCUT2D eigenvalue weighted by molar-refractivity contribution is 0.0697. The third kappa shape index (κ3) is 6.62. The van der Waals surface area contributed by atoms with Gasteiger partial charge in [-0.1, -0.05) is 30.3 Å². The Hall–Kier alpha value is -5.30. The van der Waals surface area contributed by atoms with Gasteiger partial charge in [0.25, 0.3) is 0 Å². The first kappa shape index (κ1) is 30.7. The van der Waals surface area contributed by atoms with E-state index in [1.165, 1.54) is 0 Å². The molecule has 2 aromatic heterocycles. The van der Waals surface area contributed by atoms with E-state index < -0.39 is 5.97 Å². The molecule has 6 rings (SSSR count). The molecule has 2 aromatic carbocycles. The molecule has 1 aliphatic carbocycles. The number of aryl methyl sites for hydroxylation is 5. The SMILES string of the molecule is Cc1cc2c(-c3ccccc3C(=O)O)c3cc(C)c(=O)c(C)c-3oc2c(C)c1O.Cc1ccccn1.Cc1ccccn1. The van der Waals surface area contributed by atoms with Crippen LogP contribution in [0.2, 0.25) is 0 Å². The number of pyridine rings is 2. The molecule has 1 aliphatic heterocycles. The van der Waals surface area contributed by atoms with E-state index in [0.717, 1.165) is 11.4 Å². The van der Waals surface area contributed by atoms with Crippen LogP contribution in [0.1, 0.15) is 44.0 Å². The Morgan fingerprint density at radius 1 is 0.721 bits per heavy atom. The Kier molecular flexibility index (Phi) is 9.36. The quantitative estimate of drug-likeness (QED) is 0.202. The molecule has 2 aliphatic rings. The largest absolute Gasteiger partial charge is 0.507 e. The molecule has 0 radical (unpaired) electrons. The lowest BCUT2D eigenvalue weighted by atomic mass is 9.87. The topological polar surface area (TPSA) is 114 Å². The predicted molar refractivity (Wildman–Crippen MR) is 170 cm³/mol. The van der Waals surface area contributed by atoms with E-state index in [4.69, 9.17) is 4.42 Å². The Morgan fingerprint density at radius 2 is 1.30 bits per heavy atom. The van der Waals surface area contributed by atoms with Crippen molar-refractivity contribution in [2.24, 2.45) is 0 Å². The monoisotopic (exact) mass is 574 g/mol. The molecule has 4 aromatic rings. The number of aromatic carboxylic acids is 1. The van der Waals surface area contributed by atoms with E-state index in [1.807, 2.05) is 50.2 Å². The highest BCUT2D eigenvalue weighted by atomic mass is 16.4. The third-order valence-corrected chi connectivity index (χ3v) is 7.11. The highest BCUT2D eigenvalue weighted by Crippen LogP contribution is 2.45. The van der Waals surface area contributed by atoms with Crippen molar-refractivity contribution < 1.29 is 19.4 Å². The van der Waals surface area contributed by atoms with Crippen LogP contribution in [0.3, 0.4) is 0 Å². The van der Waals surface area contributed by atoms with E-state index >= 15 is 0 Å². The number of carboxylic acid groups (broad SMARTS) is 1. The fraction of sp³-hybridized carbons (Fsp3) is 0.167. The number of hydrogen-bond donors (Lipinski definition) is 2. The van der Waals surface area contributed by atoms with E-state index in [2.05, 4.69) is 9.97 Å². The lowest BCUT2D eigenvalue weighted by Gasteiger charge is -2.20. The molecule has 0 spiro atoms. The Morgan fingerprint density at radius 3 is 1.81 bits per heavy atom. The molecule has 0 saturated heterocycles. The summed E-state index contributed by atoms with van der Waals surface area (Å²) in [5, 5.41) is 20.9. The zero-order valence-corrected chi connectivity index (χ0v) is 25.1. The maximum atomic E-state index is 12.5. The van der Waals surface area contributed by atoms with Crippen LogP contribution >= 0.6 is 0 Å². The average molecular weight is 575 g/mol. The van der Waals surface area contributed by atoms with Crippen molar-refractivity contribution in [2.75, 3.05) is 0 Å². The lowest BCUT2D eigenvalue weighted by Crippen LogP contribution is -2.12. The molecular weight excluding hydrogens is 540 g/mol. The second-order valence-corrected chi connectivity index (χ2v) is 10.3. The van der Waals surface area contributed by atoms with Gasteiger partial charge >= 0.3 is 5.97 Å². The normalized spacial score (nSPS) is 10.5. The maximum Gasteiger partial charge on any atom is 0.336 e. The highest BCUT2D eigenvalue weighted by molar-refractivity contribution is 6.08. The Balaban J connectivity index is 0.000000246. The average Bonchev–Trinajstić information content (AvgIpc) is 3.00. The fourth-order valence-corrected chi connectivity index (χ4v) is 4.86. The number of fused-ring (bicyclic) bond motifs is 2. The number of aromatic hydroxyl groups is 1. The van der Waals surface area contributed by atoms with Gasteiger partial charge in [-0.2, -0.15) is 0 Å². The minimum absolute atomic E-state index is 0.116. The second-order valence-electron chi connectivity index (χ2n) is 10.3. The van der Waals surface area contributed by atoms with Crippen molar-refractivity contribution in [3.63, 3.8) is 0 Å². The highest BCUT2D eigenvalue weighted by Gasteiger charge is 2.25. The number of hydrogen-bond acceptors (Lipinski definition) is 6. The standard InChI is InChI=1S/C24H20O5.2C6H7N/c1-11-9-17-19(15-7-5-6-8-16(15)24(27)28)18-10-12(2)21(26)14(4)23(18)29-22(17)13(3)20(11)25;2*1-6-4-2-3-5-7-6/h5-10,25H,1-4H3,(H,27,28);2*2-5H,1H3. The number of rotatable bonds is 2. The van der Waals surface area contributed by atoms with Gasteiger partial charge in [0.2, 0.25) is 0 Å². The third-order valence-electron chi connectivity index (χ3n) is 7.11. The summed E-state index contributed by atoms with van der Waals surface area (Å²) in [6.07, 6.45) is 3.57.